The van der Waals surface area contributed by atoms with E-state index in [4.69, 9.17) is 17.3 Å². The van der Waals surface area contributed by atoms with Crippen molar-refractivity contribution in [1.82, 2.24) is 4.90 Å². The second-order valence-corrected chi connectivity index (χ2v) is 6.92. The molecule has 0 saturated heterocycles. The van der Waals surface area contributed by atoms with Gasteiger partial charge in [0.2, 0.25) is 0 Å². The standard InChI is InChI=1S/C18H29ClN2/c1-3-12-21(18-10-8-17(20)9-11-18)14(2)13-15-4-6-16(19)7-5-15/h4-7,14,17-18H,3,8-13,20H2,1-2H3. The molecule has 1 saturated carbocycles. The highest BCUT2D eigenvalue weighted by atomic mass is 35.5. The summed E-state index contributed by atoms with van der Waals surface area (Å²) in [5, 5.41) is 0.818. The SMILES string of the molecule is CCCN(C(C)Cc1ccc(Cl)cc1)C1CCC(N)CC1. The summed E-state index contributed by atoms with van der Waals surface area (Å²) in [5.41, 5.74) is 7.43. The number of hydrogen-bond acceptors (Lipinski definition) is 2. The van der Waals surface area contributed by atoms with E-state index in [9.17, 15) is 0 Å². The van der Waals surface area contributed by atoms with E-state index in [-0.39, 0.29) is 0 Å². The Morgan fingerprint density at radius 3 is 2.38 bits per heavy atom. The molecule has 1 aliphatic rings. The van der Waals surface area contributed by atoms with Gasteiger partial charge in [0.05, 0.1) is 0 Å². The molecule has 0 aromatic heterocycles. The molecule has 1 unspecified atom stereocenters. The Balaban J connectivity index is 1.97. The van der Waals surface area contributed by atoms with Crippen LogP contribution in [0.4, 0.5) is 0 Å². The van der Waals surface area contributed by atoms with Gasteiger partial charge in [-0.25, -0.2) is 0 Å². The van der Waals surface area contributed by atoms with Gasteiger partial charge in [0, 0.05) is 23.1 Å². The van der Waals surface area contributed by atoms with Crippen molar-refractivity contribution in [3.05, 3.63) is 34.9 Å². The molecule has 1 fully saturated rings. The topological polar surface area (TPSA) is 29.3 Å². The minimum absolute atomic E-state index is 0.427. The Morgan fingerprint density at radius 2 is 1.81 bits per heavy atom. The molecule has 1 aromatic carbocycles. The van der Waals surface area contributed by atoms with Gasteiger partial charge in [-0.1, -0.05) is 30.7 Å². The van der Waals surface area contributed by atoms with E-state index >= 15 is 0 Å². The van der Waals surface area contributed by atoms with Crippen LogP contribution in [0.2, 0.25) is 5.02 Å². The van der Waals surface area contributed by atoms with E-state index in [2.05, 4.69) is 30.9 Å². The van der Waals surface area contributed by atoms with Gasteiger partial charge < -0.3 is 5.73 Å². The zero-order valence-corrected chi connectivity index (χ0v) is 14.1. The quantitative estimate of drug-likeness (QED) is 0.851. The predicted molar refractivity (Wildman–Crippen MR) is 91.8 cm³/mol. The average molecular weight is 309 g/mol. The fourth-order valence-electron chi connectivity index (χ4n) is 3.53. The summed E-state index contributed by atoms with van der Waals surface area (Å²) in [5.74, 6) is 0. The summed E-state index contributed by atoms with van der Waals surface area (Å²) in [6.45, 7) is 5.82. The van der Waals surface area contributed by atoms with Crippen molar-refractivity contribution in [2.24, 2.45) is 5.73 Å². The van der Waals surface area contributed by atoms with Crippen LogP contribution in [0.3, 0.4) is 0 Å². The van der Waals surface area contributed by atoms with Gasteiger partial charge in [0.15, 0.2) is 0 Å². The van der Waals surface area contributed by atoms with Crippen LogP contribution in [0.5, 0.6) is 0 Å². The van der Waals surface area contributed by atoms with Crippen molar-refractivity contribution in [2.45, 2.75) is 70.5 Å². The molecular weight excluding hydrogens is 280 g/mol. The van der Waals surface area contributed by atoms with E-state index in [1.54, 1.807) is 0 Å². The van der Waals surface area contributed by atoms with Crippen molar-refractivity contribution < 1.29 is 0 Å². The van der Waals surface area contributed by atoms with Crippen LogP contribution in [-0.2, 0) is 6.42 Å². The summed E-state index contributed by atoms with van der Waals surface area (Å²) in [4.78, 5) is 2.71. The van der Waals surface area contributed by atoms with Crippen LogP contribution in [0, 0.1) is 0 Å². The maximum atomic E-state index is 6.05. The van der Waals surface area contributed by atoms with Gasteiger partial charge in [0.1, 0.15) is 0 Å². The number of halogens is 1. The molecule has 1 atom stereocenters. The number of rotatable bonds is 6. The molecule has 0 heterocycles. The summed E-state index contributed by atoms with van der Waals surface area (Å²) in [6, 6.07) is 10.0. The van der Waals surface area contributed by atoms with Gasteiger partial charge in [-0.05, 0) is 69.7 Å². The molecule has 0 aliphatic heterocycles. The van der Waals surface area contributed by atoms with Crippen LogP contribution in [-0.4, -0.2) is 29.6 Å². The minimum atomic E-state index is 0.427. The third kappa shape index (κ3) is 4.98. The second-order valence-electron chi connectivity index (χ2n) is 6.49. The lowest BCUT2D eigenvalue weighted by Gasteiger charge is -2.40. The lowest BCUT2D eigenvalue weighted by Crippen LogP contribution is -2.46. The van der Waals surface area contributed by atoms with Crippen molar-refractivity contribution >= 4 is 11.6 Å². The van der Waals surface area contributed by atoms with Gasteiger partial charge in [-0.3, -0.25) is 4.90 Å². The van der Waals surface area contributed by atoms with E-state index < -0.39 is 0 Å². The highest BCUT2D eigenvalue weighted by molar-refractivity contribution is 6.30. The molecule has 118 valence electrons. The fourth-order valence-corrected chi connectivity index (χ4v) is 3.66. The summed E-state index contributed by atoms with van der Waals surface area (Å²) in [6.07, 6.45) is 7.18. The average Bonchev–Trinajstić information content (AvgIpc) is 2.48. The predicted octanol–water partition coefficient (Wildman–Crippen LogP) is 4.25. The second kappa shape index (κ2) is 8.17. The van der Waals surface area contributed by atoms with Gasteiger partial charge >= 0.3 is 0 Å². The lowest BCUT2D eigenvalue weighted by molar-refractivity contribution is 0.107. The summed E-state index contributed by atoms with van der Waals surface area (Å²) in [7, 11) is 0. The Kier molecular flexibility index (Phi) is 6.53. The Labute approximate surface area is 134 Å². The van der Waals surface area contributed by atoms with Crippen LogP contribution in [0.1, 0.15) is 51.5 Å². The highest BCUT2D eigenvalue weighted by Crippen LogP contribution is 2.25. The maximum Gasteiger partial charge on any atom is 0.0406 e. The van der Waals surface area contributed by atoms with Crippen LogP contribution < -0.4 is 5.73 Å². The molecule has 1 aliphatic carbocycles. The molecule has 2 N–H and O–H groups in total. The normalized spacial score (nSPS) is 24.2. The molecule has 21 heavy (non-hydrogen) atoms. The first-order chi connectivity index (χ1) is 10.1. The molecule has 0 radical (unpaired) electrons. The number of benzene rings is 1. The minimum Gasteiger partial charge on any atom is -0.328 e. The van der Waals surface area contributed by atoms with Gasteiger partial charge in [-0.2, -0.15) is 0 Å². The zero-order valence-electron chi connectivity index (χ0n) is 13.4. The first-order valence-corrected chi connectivity index (χ1v) is 8.73. The highest BCUT2D eigenvalue weighted by Gasteiger charge is 2.26. The Bertz CT molecular complexity index is 410. The van der Waals surface area contributed by atoms with E-state index in [1.165, 1.54) is 44.2 Å². The monoisotopic (exact) mass is 308 g/mol. The van der Waals surface area contributed by atoms with Crippen LogP contribution in [0.15, 0.2) is 24.3 Å². The molecule has 1 aromatic rings. The molecule has 2 rings (SSSR count). The maximum absolute atomic E-state index is 6.05. The third-order valence-corrected chi connectivity index (χ3v) is 4.95. The van der Waals surface area contributed by atoms with Gasteiger partial charge in [0.25, 0.3) is 0 Å². The van der Waals surface area contributed by atoms with E-state index in [1.807, 2.05) is 12.1 Å². The van der Waals surface area contributed by atoms with Crippen LogP contribution in [0.25, 0.3) is 0 Å². The molecular formula is C18H29ClN2. The van der Waals surface area contributed by atoms with Crippen molar-refractivity contribution in [3.8, 4) is 0 Å². The Morgan fingerprint density at radius 1 is 1.19 bits per heavy atom. The van der Waals surface area contributed by atoms with Gasteiger partial charge in [-0.15, -0.1) is 0 Å². The largest absolute Gasteiger partial charge is 0.328 e. The molecule has 0 amide bonds. The number of hydrogen-bond donors (Lipinski definition) is 1. The van der Waals surface area contributed by atoms with Crippen molar-refractivity contribution in [1.29, 1.82) is 0 Å². The molecule has 0 bridgehead atoms. The smallest absolute Gasteiger partial charge is 0.0406 e. The number of nitrogens with zero attached hydrogens (tertiary/aromatic N) is 1. The fraction of sp³-hybridized carbons (Fsp3) is 0.667. The van der Waals surface area contributed by atoms with Crippen molar-refractivity contribution in [3.63, 3.8) is 0 Å². The van der Waals surface area contributed by atoms with Crippen molar-refractivity contribution in [2.75, 3.05) is 6.54 Å². The molecule has 2 nitrogen and oxygen atoms in total. The first-order valence-electron chi connectivity index (χ1n) is 8.36. The zero-order chi connectivity index (χ0) is 15.2. The van der Waals surface area contributed by atoms with E-state index in [0.29, 0.717) is 18.1 Å². The molecule has 3 heteroatoms. The molecule has 0 spiro atoms. The van der Waals surface area contributed by atoms with Crippen LogP contribution >= 0.6 is 11.6 Å². The first kappa shape index (κ1) is 16.8. The summed E-state index contributed by atoms with van der Waals surface area (Å²) >= 11 is 5.97. The van der Waals surface area contributed by atoms with E-state index in [0.717, 1.165) is 11.4 Å². The lowest BCUT2D eigenvalue weighted by atomic mass is 9.89. The number of nitrogens with two attached hydrogens (primary N) is 1. The summed E-state index contributed by atoms with van der Waals surface area (Å²) < 4.78 is 0. The third-order valence-electron chi connectivity index (χ3n) is 4.70. The Hall–Kier alpha value is -0.570.